The number of hydrogen-bond donors (Lipinski definition) is 1. The van der Waals surface area contributed by atoms with E-state index in [9.17, 15) is 14.4 Å². The number of thioether (sulfide) groups is 1. The number of benzene rings is 2. The molecule has 2 aromatic rings. The summed E-state index contributed by atoms with van der Waals surface area (Å²) < 4.78 is 20.2. The molecule has 0 spiro atoms. The Balaban J connectivity index is 1.19. The van der Waals surface area contributed by atoms with Crippen molar-refractivity contribution in [2.75, 3.05) is 54.0 Å². The van der Waals surface area contributed by atoms with Crippen molar-refractivity contribution < 1.29 is 23.5 Å². The molecule has 37 heavy (non-hydrogen) atoms. The molecule has 0 radical (unpaired) electrons. The van der Waals surface area contributed by atoms with Gasteiger partial charge in [-0.2, -0.15) is 0 Å². The predicted molar refractivity (Wildman–Crippen MR) is 138 cm³/mol. The molecular formula is C24H22FN7O4S. The number of ether oxygens (including phenoxy) is 1. The Morgan fingerprint density at radius 1 is 1.08 bits per heavy atom. The highest BCUT2D eigenvalue weighted by atomic mass is 32.2. The van der Waals surface area contributed by atoms with Gasteiger partial charge in [0, 0.05) is 36.8 Å². The fourth-order valence-electron chi connectivity index (χ4n) is 4.43. The number of carbonyl (C=O) groups excluding carboxylic acids is 3. The number of imide groups is 1. The van der Waals surface area contributed by atoms with Crippen molar-refractivity contribution in [1.82, 2.24) is 5.32 Å². The first kappa shape index (κ1) is 24.5. The number of anilines is 3. The number of azide groups is 1. The zero-order valence-corrected chi connectivity index (χ0v) is 20.4. The van der Waals surface area contributed by atoms with E-state index in [1.807, 2.05) is 29.2 Å². The number of cyclic esters (lactones) is 1. The molecule has 3 saturated heterocycles. The van der Waals surface area contributed by atoms with Gasteiger partial charge in [-0.15, -0.1) is 0 Å². The van der Waals surface area contributed by atoms with E-state index in [1.165, 1.54) is 11.0 Å². The monoisotopic (exact) mass is 523 g/mol. The van der Waals surface area contributed by atoms with Crippen LogP contribution in [0.3, 0.4) is 0 Å². The molecule has 11 nitrogen and oxygen atoms in total. The van der Waals surface area contributed by atoms with Gasteiger partial charge in [0.15, 0.2) is 0 Å². The third-order valence-electron chi connectivity index (χ3n) is 6.28. The molecule has 190 valence electrons. The normalized spacial score (nSPS) is 20.8. The van der Waals surface area contributed by atoms with Crippen LogP contribution in [-0.2, 0) is 9.53 Å². The lowest BCUT2D eigenvalue weighted by molar-refractivity contribution is -0.115. The van der Waals surface area contributed by atoms with Crippen molar-refractivity contribution in [1.29, 1.82) is 0 Å². The first-order valence-corrected chi connectivity index (χ1v) is 12.4. The second-order valence-electron chi connectivity index (χ2n) is 8.58. The average molecular weight is 524 g/mol. The maximum atomic E-state index is 15.0. The molecule has 1 N–H and O–H groups in total. The summed E-state index contributed by atoms with van der Waals surface area (Å²) in [5, 5.41) is 5.30. The van der Waals surface area contributed by atoms with E-state index in [1.54, 1.807) is 18.2 Å². The van der Waals surface area contributed by atoms with Gasteiger partial charge in [-0.25, -0.2) is 9.18 Å². The number of halogens is 1. The van der Waals surface area contributed by atoms with E-state index in [0.29, 0.717) is 42.5 Å². The maximum absolute atomic E-state index is 15.0. The van der Waals surface area contributed by atoms with Crippen LogP contribution in [0.5, 0.6) is 0 Å². The Kier molecular flexibility index (Phi) is 6.89. The highest BCUT2D eigenvalue weighted by Gasteiger charge is 2.32. The van der Waals surface area contributed by atoms with E-state index >= 15 is 4.39 Å². The lowest BCUT2D eigenvalue weighted by Crippen LogP contribution is -2.46. The largest absolute Gasteiger partial charge is 0.444 e. The van der Waals surface area contributed by atoms with Crippen LogP contribution < -0.4 is 20.0 Å². The molecule has 2 aromatic carbocycles. The first-order valence-electron chi connectivity index (χ1n) is 11.5. The number of hydrogen-bond acceptors (Lipinski definition) is 8. The number of nitrogens with zero attached hydrogens (tertiary/aromatic N) is 6. The van der Waals surface area contributed by atoms with Crippen LogP contribution in [0.1, 0.15) is 5.56 Å². The van der Waals surface area contributed by atoms with Crippen LogP contribution in [-0.4, -0.2) is 62.6 Å². The van der Waals surface area contributed by atoms with Gasteiger partial charge in [0.05, 0.1) is 29.4 Å². The Bertz CT molecular complexity index is 1320. The number of nitrogens with one attached hydrogen (secondary N) is 1. The van der Waals surface area contributed by atoms with Gasteiger partial charge in [0.25, 0.3) is 11.1 Å². The van der Waals surface area contributed by atoms with Gasteiger partial charge >= 0.3 is 6.09 Å². The summed E-state index contributed by atoms with van der Waals surface area (Å²) in [4.78, 5) is 43.7. The van der Waals surface area contributed by atoms with E-state index in [2.05, 4.69) is 20.2 Å². The first-order chi connectivity index (χ1) is 17.9. The lowest BCUT2D eigenvalue weighted by Gasteiger charge is -2.37. The SMILES string of the molecule is [N-]=[N+]=NC[C@H]1CN(c2ccc(N3CCN(c4ccc(C=C5SC(=O)NC5=O)cc4)CC3)c(F)c2)C(=O)O1. The van der Waals surface area contributed by atoms with Crippen LogP contribution in [0.25, 0.3) is 16.5 Å². The van der Waals surface area contributed by atoms with E-state index in [0.717, 1.165) is 23.0 Å². The van der Waals surface area contributed by atoms with Crippen molar-refractivity contribution in [2.24, 2.45) is 5.11 Å². The second-order valence-corrected chi connectivity index (χ2v) is 9.60. The molecule has 3 aliphatic rings. The summed E-state index contributed by atoms with van der Waals surface area (Å²) >= 11 is 0.885. The second kappa shape index (κ2) is 10.4. The van der Waals surface area contributed by atoms with Crippen molar-refractivity contribution in [2.45, 2.75) is 6.10 Å². The predicted octanol–water partition coefficient (Wildman–Crippen LogP) is 4.11. The maximum Gasteiger partial charge on any atom is 0.414 e. The number of piperazine rings is 1. The van der Waals surface area contributed by atoms with Crippen molar-refractivity contribution >= 4 is 52.1 Å². The zero-order valence-electron chi connectivity index (χ0n) is 19.5. The molecule has 0 bridgehead atoms. The fraction of sp³-hybridized carbons (Fsp3) is 0.292. The summed E-state index contributed by atoms with van der Waals surface area (Å²) in [6.45, 7) is 2.82. The Morgan fingerprint density at radius 2 is 1.78 bits per heavy atom. The minimum absolute atomic E-state index is 0.0290. The Labute approximate surface area is 215 Å². The van der Waals surface area contributed by atoms with Gasteiger partial charge in [-0.1, -0.05) is 17.2 Å². The summed E-state index contributed by atoms with van der Waals surface area (Å²) in [5.74, 6) is -0.813. The van der Waals surface area contributed by atoms with Crippen LogP contribution in [0.2, 0.25) is 0 Å². The zero-order chi connectivity index (χ0) is 25.9. The van der Waals surface area contributed by atoms with Gasteiger partial charge in [0.2, 0.25) is 0 Å². The lowest BCUT2D eigenvalue weighted by atomic mass is 10.1. The Hall–Kier alpha value is -4.22. The van der Waals surface area contributed by atoms with Gasteiger partial charge in [-0.3, -0.25) is 19.8 Å². The minimum Gasteiger partial charge on any atom is -0.444 e. The summed E-state index contributed by atoms with van der Waals surface area (Å²) in [7, 11) is 0. The molecule has 3 heterocycles. The smallest absolute Gasteiger partial charge is 0.414 e. The average Bonchev–Trinajstić information content (AvgIpc) is 3.43. The summed E-state index contributed by atoms with van der Waals surface area (Å²) in [6, 6.07) is 12.4. The summed E-state index contributed by atoms with van der Waals surface area (Å²) in [6.07, 6.45) is 0.525. The molecule has 0 saturated carbocycles. The van der Waals surface area contributed by atoms with Crippen molar-refractivity contribution in [3.63, 3.8) is 0 Å². The quantitative estimate of drug-likeness (QED) is 0.261. The summed E-state index contributed by atoms with van der Waals surface area (Å²) in [5.41, 5.74) is 11.1. The highest BCUT2D eigenvalue weighted by molar-refractivity contribution is 8.18. The molecule has 13 heteroatoms. The number of carbonyl (C=O) groups is 3. The molecule has 0 aromatic heterocycles. The topological polar surface area (TPSA) is 131 Å². The molecule has 1 atom stereocenters. The molecular weight excluding hydrogens is 501 g/mol. The fourth-order valence-corrected chi connectivity index (χ4v) is 5.12. The molecule has 0 unspecified atom stereocenters. The minimum atomic E-state index is -0.597. The third kappa shape index (κ3) is 5.32. The standard InChI is InChI=1S/C24H22FN7O4S/c25-19-12-17(32-14-18(13-27-29-26)36-24(32)35)5-6-20(19)31-9-7-30(8-10-31)16-3-1-15(2-4-16)11-21-22(33)28-23(34)37-21/h1-6,11-12,18H,7-10,13-14H2,(H,28,33,34)/t18-/m0/s1. The van der Waals surface area contributed by atoms with Crippen LogP contribution >= 0.6 is 11.8 Å². The molecule has 3 aliphatic heterocycles. The van der Waals surface area contributed by atoms with Crippen LogP contribution in [0.4, 0.5) is 31.0 Å². The number of rotatable bonds is 6. The van der Waals surface area contributed by atoms with Gasteiger partial charge < -0.3 is 14.5 Å². The van der Waals surface area contributed by atoms with E-state index in [-0.39, 0.29) is 24.2 Å². The van der Waals surface area contributed by atoms with Crippen LogP contribution in [0, 0.1) is 5.82 Å². The highest BCUT2D eigenvalue weighted by Crippen LogP contribution is 2.30. The molecule has 3 fully saturated rings. The van der Waals surface area contributed by atoms with E-state index in [4.69, 9.17) is 10.3 Å². The number of amides is 3. The van der Waals surface area contributed by atoms with Gasteiger partial charge in [-0.05, 0) is 59.3 Å². The van der Waals surface area contributed by atoms with Crippen LogP contribution in [0.15, 0.2) is 52.5 Å². The van der Waals surface area contributed by atoms with Gasteiger partial charge in [0.1, 0.15) is 11.9 Å². The third-order valence-corrected chi connectivity index (χ3v) is 7.09. The van der Waals surface area contributed by atoms with Crippen molar-refractivity contribution in [3.05, 3.63) is 69.2 Å². The Morgan fingerprint density at radius 3 is 2.43 bits per heavy atom. The molecule has 5 rings (SSSR count). The molecule has 0 aliphatic carbocycles. The van der Waals surface area contributed by atoms with Crippen molar-refractivity contribution in [3.8, 4) is 0 Å². The molecule has 3 amide bonds. The van der Waals surface area contributed by atoms with E-state index < -0.39 is 18.0 Å².